The molecule has 2 heterocycles. The van der Waals surface area contributed by atoms with Crippen molar-refractivity contribution in [2.45, 2.75) is 30.7 Å². The van der Waals surface area contributed by atoms with Gasteiger partial charge in [-0.1, -0.05) is 0 Å². The minimum Gasteiger partial charge on any atom is -0.480 e. The zero-order chi connectivity index (χ0) is 13.5. The van der Waals surface area contributed by atoms with Gasteiger partial charge in [-0.2, -0.15) is 0 Å². The number of rotatable bonds is 3. The fourth-order valence-corrected chi connectivity index (χ4v) is 3.96. The number of amides is 2. The monoisotopic (exact) mass is 272 g/mol. The van der Waals surface area contributed by atoms with Gasteiger partial charge in [-0.3, -0.25) is 14.4 Å². The lowest BCUT2D eigenvalue weighted by molar-refractivity contribution is -0.147. The molecule has 0 spiro atoms. The van der Waals surface area contributed by atoms with Crippen LogP contribution in [0.4, 0.5) is 0 Å². The molecule has 100 valence electrons. The average molecular weight is 272 g/mol. The summed E-state index contributed by atoms with van der Waals surface area (Å²) in [6, 6.07) is -0.514. The molecule has 2 rings (SSSR count). The van der Waals surface area contributed by atoms with E-state index in [1.807, 2.05) is 6.92 Å². The van der Waals surface area contributed by atoms with Crippen molar-refractivity contribution in [3.8, 4) is 0 Å². The fourth-order valence-electron chi connectivity index (χ4n) is 2.54. The smallest absolute Gasteiger partial charge is 0.323 e. The number of nitrogens with zero attached hydrogens (tertiary/aromatic N) is 2. The standard InChI is InChI=1S/C11H16N2O4S/c1-11-4-3-8(14)13(11)7(6-18-11)10(17)12(2)5-9(15)16/h7H,3-6H2,1-2H3,(H,15,16). The molecule has 2 saturated heterocycles. The Morgan fingerprint density at radius 1 is 1.61 bits per heavy atom. The van der Waals surface area contributed by atoms with Crippen molar-refractivity contribution in [2.75, 3.05) is 19.3 Å². The van der Waals surface area contributed by atoms with Crippen LogP contribution in [0.1, 0.15) is 19.8 Å². The number of thioether (sulfide) groups is 1. The van der Waals surface area contributed by atoms with Crippen LogP contribution in [-0.4, -0.2) is 62.9 Å². The number of carbonyl (C=O) groups is 3. The van der Waals surface area contributed by atoms with Crippen molar-refractivity contribution in [1.29, 1.82) is 0 Å². The minimum absolute atomic E-state index is 0.00965. The predicted octanol–water partition coefficient (Wildman–Crippen LogP) is -0.0166. The van der Waals surface area contributed by atoms with Crippen molar-refractivity contribution >= 4 is 29.5 Å². The number of carboxylic acids is 1. The molecule has 2 atom stereocenters. The Morgan fingerprint density at radius 3 is 2.89 bits per heavy atom. The number of hydrogen-bond donors (Lipinski definition) is 1. The number of carbonyl (C=O) groups excluding carboxylic acids is 2. The second-order valence-electron chi connectivity index (χ2n) is 4.85. The molecule has 2 fully saturated rings. The summed E-state index contributed by atoms with van der Waals surface area (Å²) in [6.45, 7) is 1.63. The highest BCUT2D eigenvalue weighted by Crippen LogP contribution is 2.47. The van der Waals surface area contributed by atoms with Crippen molar-refractivity contribution in [3.63, 3.8) is 0 Å². The SMILES string of the molecule is CN(CC(=O)O)C(=O)C1CSC2(C)CCC(=O)N12. The van der Waals surface area contributed by atoms with Gasteiger partial charge in [0.05, 0.1) is 4.87 Å². The molecule has 2 aliphatic rings. The van der Waals surface area contributed by atoms with E-state index in [1.54, 1.807) is 16.7 Å². The molecule has 6 nitrogen and oxygen atoms in total. The van der Waals surface area contributed by atoms with Crippen molar-refractivity contribution in [1.82, 2.24) is 9.80 Å². The van der Waals surface area contributed by atoms with Gasteiger partial charge in [0.15, 0.2) is 0 Å². The summed E-state index contributed by atoms with van der Waals surface area (Å²) < 4.78 is 0. The highest BCUT2D eigenvalue weighted by molar-refractivity contribution is 8.01. The normalized spacial score (nSPS) is 30.4. The van der Waals surface area contributed by atoms with E-state index in [2.05, 4.69) is 0 Å². The molecule has 2 amide bonds. The van der Waals surface area contributed by atoms with Gasteiger partial charge >= 0.3 is 5.97 Å². The summed E-state index contributed by atoms with van der Waals surface area (Å²) in [6.07, 6.45) is 1.22. The summed E-state index contributed by atoms with van der Waals surface area (Å²) >= 11 is 1.60. The quantitative estimate of drug-likeness (QED) is 0.781. The van der Waals surface area contributed by atoms with E-state index in [9.17, 15) is 14.4 Å². The second kappa shape index (κ2) is 4.46. The molecule has 7 heteroatoms. The van der Waals surface area contributed by atoms with Crippen LogP contribution in [0.15, 0.2) is 0 Å². The largest absolute Gasteiger partial charge is 0.480 e. The molecule has 0 aliphatic carbocycles. The Bertz CT molecular complexity index is 414. The van der Waals surface area contributed by atoms with E-state index >= 15 is 0 Å². The number of carboxylic acid groups (broad SMARTS) is 1. The van der Waals surface area contributed by atoms with E-state index in [-0.39, 0.29) is 23.2 Å². The molecule has 0 saturated carbocycles. The predicted molar refractivity (Wildman–Crippen MR) is 66.0 cm³/mol. The summed E-state index contributed by atoms with van der Waals surface area (Å²) in [7, 11) is 1.46. The maximum absolute atomic E-state index is 12.2. The van der Waals surface area contributed by atoms with Crippen molar-refractivity contribution in [3.05, 3.63) is 0 Å². The van der Waals surface area contributed by atoms with Crippen LogP contribution in [-0.2, 0) is 14.4 Å². The molecule has 1 N–H and O–H groups in total. The summed E-state index contributed by atoms with van der Waals surface area (Å²) in [5.41, 5.74) is 0. The van der Waals surface area contributed by atoms with Crippen LogP contribution in [0.25, 0.3) is 0 Å². The molecular weight excluding hydrogens is 256 g/mol. The third-order valence-electron chi connectivity index (χ3n) is 3.48. The van der Waals surface area contributed by atoms with Crippen LogP contribution in [0.2, 0.25) is 0 Å². The molecule has 18 heavy (non-hydrogen) atoms. The molecule has 0 bridgehead atoms. The van der Waals surface area contributed by atoms with E-state index in [4.69, 9.17) is 5.11 Å². The number of likely N-dealkylation sites (N-methyl/N-ethyl adjacent to an activating group) is 1. The van der Waals surface area contributed by atoms with Crippen LogP contribution < -0.4 is 0 Å². The minimum atomic E-state index is -1.05. The lowest BCUT2D eigenvalue weighted by atomic mass is 10.2. The van der Waals surface area contributed by atoms with E-state index in [0.717, 1.165) is 6.42 Å². The van der Waals surface area contributed by atoms with Crippen LogP contribution in [0, 0.1) is 0 Å². The fraction of sp³-hybridized carbons (Fsp3) is 0.727. The van der Waals surface area contributed by atoms with Crippen LogP contribution in [0.5, 0.6) is 0 Å². The molecule has 0 aromatic rings. The summed E-state index contributed by atoms with van der Waals surface area (Å²) in [4.78, 5) is 37.1. The van der Waals surface area contributed by atoms with Crippen LogP contribution in [0.3, 0.4) is 0 Å². The third kappa shape index (κ3) is 2.07. The van der Waals surface area contributed by atoms with Gasteiger partial charge < -0.3 is 14.9 Å². The Hall–Kier alpha value is -1.24. The van der Waals surface area contributed by atoms with Gasteiger partial charge in [0, 0.05) is 19.2 Å². The molecule has 2 unspecified atom stereocenters. The number of hydrogen-bond acceptors (Lipinski definition) is 4. The van der Waals surface area contributed by atoms with Crippen molar-refractivity contribution < 1.29 is 19.5 Å². The van der Waals surface area contributed by atoms with Crippen molar-refractivity contribution in [2.24, 2.45) is 0 Å². The first kappa shape index (κ1) is 13.2. The zero-order valence-corrected chi connectivity index (χ0v) is 11.2. The second-order valence-corrected chi connectivity index (χ2v) is 6.36. The molecule has 0 aromatic heterocycles. The third-order valence-corrected chi connectivity index (χ3v) is 4.98. The topological polar surface area (TPSA) is 77.9 Å². The van der Waals surface area contributed by atoms with E-state index < -0.39 is 12.0 Å². The molecule has 0 aromatic carbocycles. The first-order chi connectivity index (χ1) is 8.35. The van der Waals surface area contributed by atoms with Gasteiger partial charge in [-0.15, -0.1) is 11.8 Å². The van der Waals surface area contributed by atoms with Gasteiger partial charge in [0.25, 0.3) is 0 Å². The number of fused-ring (bicyclic) bond motifs is 1. The Morgan fingerprint density at radius 2 is 2.28 bits per heavy atom. The van der Waals surface area contributed by atoms with Crippen LogP contribution >= 0.6 is 11.8 Å². The Labute approximate surface area is 109 Å². The molecule has 2 aliphatic heterocycles. The summed E-state index contributed by atoms with van der Waals surface area (Å²) in [5, 5.41) is 8.69. The highest BCUT2D eigenvalue weighted by atomic mass is 32.2. The first-order valence-electron chi connectivity index (χ1n) is 5.78. The maximum Gasteiger partial charge on any atom is 0.323 e. The lowest BCUT2D eigenvalue weighted by Gasteiger charge is -2.31. The average Bonchev–Trinajstić information content (AvgIpc) is 2.75. The lowest BCUT2D eigenvalue weighted by Crippen LogP contribution is -2.51. The number of aliphatic carboxylic acids is 1. The Balaban J connectivity index is 2.12. The first-order valence-corrected chi connectivity index (χ1v) is 6.76. The van der Waals surface area contributed by atoms with Gasteiger partial charge in [0.2, 0.25) is 11.8 Å². The summed E-state index contributed by atoms with van der Waals surface area (Å²) in [5.74, 6) is -0.800. The zero-order valence-electron chi connectivity index (χ0n) is 10.4. The van der Waals surface area contributed by atoms with Gasteiger partial charge in [-0.25, -0.2) is 0 Å². The molecular formula is C11H16N2O4S. The Kier molecular flexibility index (Phi) is 3.27. The maximum atomic E-state index is 12.2. The molecule has 0 radical (unpaired) electrons. The highest BCUT2D eigenvalue weighted by Gasteiger charge is 2.53. The van der Waals surface area contributed by atoms with Gasteiger partial charge in [-0.05, 0) is 13.3 Å². The van der Waals surface area contributed by atoms with E-state index in [1.165, 1.54) is 11.9 Å². The van der Waals surface area contributed by atoms with E-state index in [0.29, 0.717) is 12.2 Å². The van der Waals surface area contributed by atoms with Gasteiger partial charge in [0.1, 0.15) is 12.6 Å².